The van der Waals surface area contributed by atoms with E-state index >= 15 is 0 Å². The SMILES string of the molecule is O=C(NCC1CCCO1)c1ccc2c(c1)C(=O)N(c1ccc(Br)cc1)C2=O. The molecular formula is C20H17BrN2O4. The molecule has 1 saturated heterocycles. The van der Waals surface area contributed by atoms with Crippen molar-refractivity contribution in [3.05, 3.63) is 63.6 Å². The number of hydrogen-bond donors (Lipinski definition) is 1. The maximum Gasteiger partial charge on any atom is 0.266 e. The Morgan fingerprint density at radius 3 is 2.56 bits per heavy atom. The van der Waals surface area contributed by atoms with E-state index in [-0.39, 0.29) is 23.5 Å². The molecule has 27 heavy (non-hydrogen) atoms. The number of halogens is 1. The number of anilines is 1. The quantitative estimate of drug-likeness (QED) is 0.758. The molecule has 0 spiro atoms. The summed E-state index contributed by atoms with van der Waals surface area (Å²) in [5.74, 6) is -1.09. The number of benzene rings is 2. The average molecular weight is 429 g/mol. The number of amides is 3. The van der Waals surface area contributed by atoms with Crippen LogP contribution in [0.5, 0.6) is 0 Å². The summed E-state index contributed by atoms with van der Waals surface area (Å²) in [6.07, 6.45) is 1.97. The highest BCUT2D eigenvalue weighted by Crippen LogP contribution is 2.30. The number of fused-ring (bicyclic) bond motifs is 1. The van der Waals surface area contributed by atoms with E-state index in [9.17, 15) is 14.4 Å². The number of hydrogen-bond acceptors (Lipinski definition) is 4. The fourth-order valence-electron chi connectivity index (χ4n) is 3.32. The minimum atomic E-state index is -0.425. The molecule has 0 bridgehead atoms. The van der Waals surface area contributed by atoms with Crippen LogP contribution in [0.3, 0.4) is 0 Å². The third-order valence-electron chi connectivity index (χ3n) is 4.75. The molecule has 1 atom stereocenters. The van der Waals surface area contributed by atoms with Crippen molar-refractivity contribution in [2.45, 2.75) is 18.9 Å². The molecule has 2 aliphatic heterocycles. The van der Waals surface area contributed by atoms with Crippen LogP contribution in [-0.4, -0.2) is 37.0 Å². The van der Waals surface area contributed by atoms with Crippen LogP contribution in [0, 0.1) is 0 Å². The second-order valence-corrected chi connectivity index (χ2v) is 7.44. The molecule has 4 rings (SSSR count). The predicted molar refractivity (Wildman–Crippen MR) is 103 cm³/mol. The zero-order valence-corrected chi connectivity index (χ0v) is 16.0. The van der Waals surface area contributed by atoms with Gasteiger partial charge in [0.05, 0.1) is 22.9 Å². The summed E-state index contributed by atoms with van der Waals surface area (Å²) in [5, 5.41) is 2.83. The van der Waals surface area contributed by atoms with Crippen molar-refractivity contribution in [1.82, 2.24) is 5.32 Å². The molecule has 7 heteroatoms. The lowest BCUT2D eigenvalue weighted by atomic mass is 10.1. The zero-order valence-electron chi connectivity index (χ0n) is 14.4. The van der Waals surface area contributed by atoms with Crippen molar-refractivity contribution in [3.8, 4) is 0 Å². The first-order valence-corrected chi connectivity index (χ1v) is 9.52. The zero-order chi connectivity index (χ0) is 19.0. The Hall–Kier alpha value is -2.51. The lowest BCUT2D eigenvalue weighted by Gasteiger charge is -2.13. The number of ether oxygens (including phenoxy) is 1. The number of imide groups is 1. The van der Waals surface area contributed by atoms with Gasteiger partial charge in [-0.15, -0.1) is 0 Å². The Bertz CT molecular complexity index is 920. The summed E-state index contributed by atoms with van der Waals surface area (Å²) in [4.78, 5) is 39.0. The minimum absolute atomic E-state index is 0.0412. The van der Waals surface area contributed by atoms with Crippen molar-refractivity contribution in [3.63, 3.8) is 0 Å². The third-order valence-corrected chi connectivity index (χ3v) is 5.28. The van der Waals surface area contributed by atoms with Gasteiger partial charge in [-0.2, -0.15) is 0 Å². The fourth-order valence-corrected chi connectivity index (χ4v) is 3.58. The van der Waals surface area contributed by atoms with Crippen LogP contribution in [0.1, 0.15) is 43.9 Å². The van der Waals surface area contributed by atoms with Gasteiger partial charge in [-0.05, 0) is 55.3 Å². The van der Waals surface area contributed by atoms with Gasteiger partial charge in [0.25, 0.3) is 17.7 Å². The van der Waals surface area contributed by atoms with Gasteiger partial charge >= 0.3 is 0 Å². The molecule has 3 amide bonds. The molecule has 1 N–H and O–H groups in total. The highest BCUT2D eigenvalue weighted by molar-refractivity contribution is 9.10. The maximum absolute atomic E-state index is 12.8. The molecule has 2 heterocycles. The number of carbonyl (C=O) groups excluding carboxylic acids is 3. The highest BCUT2D eigenvalue weighted by Gasteiger charge is 2.37. The Labute approximate surface area is 164 Å². The van der Waals surface area contributed by atoms with Crippen molar-refractivity contribution >= 4 is 39.3 Å². The van der Waals surface area contributed by atoms with Crippen LogP contribution in [0.2, 0.25) is 0 Å². The lowest BCUT2D eigenvalue weighted by molar-refractivity contribution is 0.0857. The molecule has 2 aromatic rings. The molecule has 2 aliphatic rings. The Morgan fingerprint density at radius 2 is 1.85 bits per heavy atom. The van der Waals surface area contributed by atoms with Gasteiger partial charge < -0.3 is 10.1 Å². The van der Waals surface area contributed by atoms with Gasteiger partial charge in [0.2, 0.25) is 0 Å². The van der Waals surface area contributed by atoms with E-state index in [1.54, 1.807) is 30.3 Å². The molecule has 0 saturated carbocycles. The van der Waals surface area contributed by atoms with Gasteiger partial charge in [0, 0.05) is 23.2 Å². The van der Waals surface area contributed by atoms with Crippen LogP contribution in [0.15, 0.2) is 46.9 Å². The summed E-state index contributed by atoms with van der Waals surface area (Å²) >= 11 is 3.34. The largest absolute Gasteiger partial charge is 0.376 e. The first kappa shape index (κ1) is 17.9. The Balaban J connectivity index is 1.54. The number of carbonyl (C=O) groups is 3. The van der Waals surface area contributed by atoms with Gasteiger partial charge in [-0.1, -0.05) is 15.9 Å². The molecule has 138 valence electrons. The van der Waals surface area contributed by atoms with Crippen molar-refractivity contribution < 1.29 is 19.1 Å². The molecule has 0 aliphatic carbocycles. The lowest BCUT2D eigenvalue weighted by Crippen LogP contribution is -2.31. The highest BCUT2D eigenvalue weighted by atomic mass is 79.9. The van der Waals surface area contributed by atoms with Gasteiger partial charge in [-0.3, -0.25) is 14.4 Å². The molecular weight excluding hydrogens is 412 g/mol. The Kier molecular flexibility index (Phi) is 4.80. The number of rotatable bonds is 4. The first-order valence-electron chi connectivity index (χ1n) is 8.73. The van der Waals surface area contributed by atoms with Gasteiger partial charge in [-0.25, -0.2) is 4.90 Å². The molecule has 0 aromatic heterocycles. The second-order valence-electron chi connectivity index (χ2n) is 6.53. The van der Waals surface area contributed by atoms with Crippen LogP contribution in [0.25, 0.3) is 0 Å². The van der Waals surface area contributed by atoms with Crippen molar-refractivity contribution in [1.29, 1.82) is 0 Å². The van der Waals surface area contributed by atoms with Gasteiger partial charge in [0.15, 0.2) is 0 Å². The summed E-state index contributed by atoms with van der Waals surface area (Å²) in [7, 11) is 0. The molecule has 1 fully saturated rings. The first-order chi connectivity index (χ1) is 13.0. The van der Waals surface area contributed by atoms with E-state index < -0.39 is 5.91 Å². The summed E-state index contributed by atoms with van der Waals surface area (Å²) in [6, 6.07) is 11.5. The van der Waals surface area contributed by atoms with E-state index in [0.717, 1.165) is 28.8 Å². The van der Waals surface area contributed by atoms with E-state index in [4.69, 9.17) is 4.74 Å². The topological polar surface area (TPSA) is 75.7 Å². The van der Waals surface area contributed by atoms with Crippen molar-refractivity contribution in [2.75, 3.05) is 18.1 Å². The predicted octanol–water partition coefficient (Wildman–Crippen LogP) is 3.16. The summed E-state index contributed by atoms with van der Waals surface area (Å²) in [6.45, 7) is 1.16. The number of nitrogens with zero attached hydrogens (tertiary/aromatic N) is 1. The van der Waals surface area contributed by atoms with Gasteiger partial charge in [0.1, 0.15) is 0 Å². The van der Waals surface area contributed by atoms with E-state index in [2.05, 4.69) is 21.2 Å². The van der Waals surface area contributed by atoms with E-state index in [1.165, 1.54) is 12.1 Å². The third kappa shape index (κ3) is 3.40. The van der Waals surface area contributed by atoms with E-state index in [1.807, 2.05) is 0 Å². The van der Waals surface area contributed by atoms with Crippen LogP contribution < -0.4 is 10.2 Å². The standard InChI is InChI=1S/C20H17BrN2O4/c21-13-4-6-14(7-5-13)23-19(25)16-8-3-12(10-17(16)20(23)26)18(24)22-11-15-2-1-9-27-15/h3-8,10,15H,1-2,9,11H2,(H,22,24). The monoisotopic (exact) mass is 428 g/mol. The second kappa shape index (κ2) is 7.25. The van der Waals surface area contributed by atoms with Crippen LogP contribution in [0.4, 0.5) is 5.69 Å². The smallest absolute Gasteiger partial charge is 0.266 e. The van der Waals surface area contributed by atoms with Crippen LogP contribution >= 0.6 is 15.9 Å². The Morgan fingerprint density at radius 1 is 1.11 bits per heavy atom. The van der Waals surface area contributed by atoms with Crippen molar-refractivity contribution in [2.24, 2.45) is 0 Å². The van der Waals surface area contributed by atoms with Crippen LogP contribution in [-0.2, 0) is 4.74 Å². The molecule has 2 aromatic carbocycles. The minimum Gasteiger partial charge on any atom is -0.376 e. The maximum atomic E-state index is 12.8. The normalized spacial score (nSPS) is 18.7. The molecule has 0 radical (unpaired) electrons. The summed E-state index contributed by atoms with van der Waals surface area (Å²) < 4.78 is 6.35. The molecule has 6 nitrogen and oxygen atoms in total. The summed E-state index contributed by atoms with van der Waals surface area (Å²) in [5.41, 5.74) is 1.39. The number of nitrogens with one attached hydrogen (secondary N) is 1. The molecule has 1 unspecified atom stereocenters. The average Bonchev–Trinajstić information content (AvgIpc) is 3.28. The fraction of sp³-hybridized carbons (Fsp3) is 0.250. The van der Waals surface area contributed by atoms with E-state index in [0.29, 0.717) is 23.4 Å².